The zero-order valence-electron chi connectivity index (χ0n) is 22.3. The van der Waals surface area contributed by atoms with Crippen LogP contribution in [0.15, 0.2) is 59.4 Å². The standard InChI is InChI=1S/C29H27Cl3N4O5/c1-34-24-5-3-4-20(30)26(24)36(29(34)39)18-8-6-17(7-9-18)14-23(28(38)40-2)33-27(37)25-21(31)15-19(16-22(25)32)35-10-12-41-13-11-35/h3-9,15-16,23H,10-14H2,1-2H3,(H,33,37)/t23-/m0/s1. The molecule has 1 amide bonds. The van der Waals surface area contributed by atoms with Gasteiger partial charge in [0.25, 0.3) is 5.91 Å². The first-order chi connectivity index (χ1) is 19.7. The predicted octanol–water partition coefficient (Wildman–Crippen LogP) is 4.64. The maximum absolute atomic E-state index is 13.3. The molecule has 4 aromatic rings. The maximum atomic E-state index is 13.3. The number of fused-ring (bicyclic) bond motifs is 1. The van der Waals surface area contributed by atoms with E-state index >= 15 is 0 Å². The van der Waals surface area contributed by atoms with Gasteiger partial charge in [-0.2, -0.15) is 0 Å². The average molecular weight is 618 g/mol. The van der Waals surface area contributed by atoms with Crippen molar-refractivity contribution in [3.8, 4) is 5.69 Å². The monoisotopic (exact) mass is 616 g/mol. The molecule has 9 nitrogen and oxygen atoms in total. The summed E-state index contributed by atoms with van der Waals surface area (Å²) in [5.74, 6) is -1.23. The summed E-state index contributed by atoms with van der Waals surface area (Å²) < 4.78 is 13.4. The number of halogens is 3. The van der Waals surface area contributed by atoms with Gasteiger partial charge in [-0.3, -0.25) is 13.9 Å². The summed E-state index contributed by atoms with van der Waals surface area (Å²) in [6.45, 7) is 2.55. The van der Waals surface area contributed by atoms with Crippen LogP contribution >= 0.6 is 34.8 Å². The zero-order valence-corrected chi connectivity index (χ0v) is 24.6. The summed E-state index contributed by atoms with van der Waals surface area (Å²) >= 11 is 19.4. The second kappa shape index (κ2) is 12.2. The van der Waals surface area contributed by atoms with Crippen molar-refractivity contribution in [2.75, 3.05) is 38.3 Å². The van der Waals surface area contributed by atoms with Gasteiger partial charge in [0.2, 0.25) is 0 Å². The summed E-state index contributed by atoms with van der Waals surface area (Å²) in [6.07, 6.45) is 0.130. The van der Waals surface area contributed by atoms with Crippen molar-refractivity contribution in [2.24, 2.45) is 7.05 Å². The summed E-state index contributed by atoms with van der Waals surface area (Å²) in [4.78, 5) is 41.0. The van der Waals surface area contributed by atoms with E-state index in [0.29, 0.717) is 48.0 Å². The van der Waals surface area contributed by atoms with Gasteiger partial charge in [0.1, 0.15) is 6.04 Å². The highest BCUT2D eigenvalue weighted by atomic mass is 35.5. The van der Waals surface area contributed by atoms with E-state index in [9.17, 15) is 14.4 Å². The second-order valence-corrected chi connectivity index (χ2v) is 10.8. The Bertz CT molecular complexity index is 1650. The van der Waals surface area contributed by atoms with Crippen LogP contribution in [0, 0.1) is 0 Å². The van der Waals surface area contributed by atoms with Gasteiger partial charge >= 0.3 is 11.7 Å². The van der Waals surface area contributed by atoms with E-state index < -0.39 is 17.9 Å². The van der Waals surface area contributed by atoms with Gasteiger partial charge in [0.05, 0.1) is 57.7 Å². The van der Waals surface area contributed by atoms with E-state index in [0.717, 1.165) is 11.3 Å². The number of imidazole rings is 1. The van der Waals surface area contributed by atoms with Crippen molar-refractivity contribution in [2.45, 2.75) is 12.5 Å². The number of methoxy groups -OCH3 is 1. The molecular formula is C29H27Cl3N4O5. The van der Waals surface area contributed by atoms with Crippen LogP contribution in [0.3, 0.4) is 0 Å². The lowest BCUT2D eigenvalue weighted by atomic mass is 10.0. The Hall–Kier alpha value is -3.50. The van der Waals surface area contributed by atoms with Gasteiger partial charge in [-0.1, -0.05) is 53.0 Å². The Morgan fingerprint density at radius 3 is 2.27 bits per heavy atom. The number of carbonyl (C=O) groups excluding carboxylic acids is 2. The molecule has 214 valence electrons. The average Bonchev–Trinajstić information content (AvgIpc) is 3.23. The number of anilines is 1. The molecule has 1 aliphatic heterocycles. The molecule has 5 rings (SSSR count). The lowest BCUT2D eigenvalue weighted by Gasteiger charge is -2.29. The van der Waals surface area contributed by atoms with E-state index in [1.165, 1.54) is 16.2 Å². The van der Waals surface area contributed by atoms with Crippen molar-refractivity contribution in [3.63, 3.8) is 0 Å². The summed E-state index contributed by atoms with van der Waals surface area (Å²) in [7, 11) is 2.93. The molecule has 2 heterocycles. The largest absolute Gasteiger partial charge is 0.467 e. The molecule has 0 saturated carbocycles. The number of aromatic nitrogens is 2. The van der Waals surface area contributed by atoms with Crippen molar-refractivity contribution in [1.82, 2.24) is 14.5 Å². The molecule has 0 bridgehead atoms. The molecule has 1 atom stereocenters. The van der Waals surface area contributed by atoms with E-state index in [1.807, 2.05) is 6.07 Å². The van der Waals surface area contributed by atoms with Crippen LogP contribution in [0.25, 0.3) is 16.7 Å². The number of hydrogen-bond donors (Lipinski definition) is 1. The Kier molecular flexibility index (Phi) is 8.60. The smallest absolute Gasteiger partial charge is 0.333 e. The van der Waals surface area contributed by atoms with Crippen molar-refractivity contribution in [1.29, 1.82) is 0 Å². The maximum Gasteiger partial charge on any atom is 0.333 e. The molecule has 0 spiro atoms. The molecule has 0 radical (unpaired) electrons. The fourth-order valence-corrected chi connectivity index (χ4v) is 5.85. The highest BCUT2D eigenvalue weighted by molar-refractivity contribution is 6.40. The number of esters is 1. The number of nitrogens with one attached hydrogen (secondary N) is 1. The lowest BCUT2D eigenvalue weighted by molar-refractivity contribution is -0.142. The van der Waals surface area contributed by atoms with Crippen molar-refractivity contribution < 1.29 is 19.1 Å². The Morgan fingerprint density at radius 2 is 1.63 bits per heavy atom. The molecule has 1 fully saturated rings. The van der Waals surface area contributed by atoms with Crippen LogP contribution in [0.1, 0.15) is 15.9 Å². The van der Waals surface area contributed by atoms with Gasteiger partial charge in [0, 0.05) is 32.2 Å². The van der Waals surface area contributed by atoms with E-state index in [2.05, 4.69) is 10.2 Å². The number of ether oxygens (including phenoxy) is 2. The van der Waals surface area contributed by atoms with Gasteiger partial charge < -0.3 is 19.7 Å². The van der Waals surface area contributed by atoms with Gasteiger partial charge in [-0.05, 0) is 42.0 Å². The quantitative estimate of drug-likeness (QED) is 0.304. The van der Waals surface area contributed by atoms with E-state index in [-0.39, 0.29) is 27.7 Å². The first kappa shape index (κ1) is 29.0. The molecule has 1 aliphatic rings. The second-order valence-electron chi connectivity index (χ2n) is 9.59. The van der Waals surface area contributed by atoms with Crippen LogP contribution < -0.4 is 15.9 Å². The Labute approximate surface area is 251 Å². The minimum Gasteiger partial charge on any atom is -0.467 e. The minimum absolute atomic E-state index is 0.0711. The van der Waals surface area contributed by atoms with Crippen molar-refractivity contribution in [3.05, 3.63) is 91.3 Å². The zero-order chi connectivity index (χ0) is 29.3. The van der Waals surface area contributed by atoms with E-state index in [1.54, 1.807) is 55.6 Å². The molecule has 1 N–H and O–H groups in total. The van der Waals surface area contributed by atoms with Gasteiger partial charge in [-0.15, -0.1) is 0 Å². The van der Waals surface area contributed by atoms with Crippen LogP contribution in [-0.2, 0) is 27.7 Å². The number of aryl methyl sites for hydroxylation is 1. The van der Waals surface area contributed by atoms with Crippen LogP contribution in [0.2, 0.25) is 15.1 Å². The number of benzene rings is 3. The number of morpholine rings is 1. The summed E-state index contributed by atoms with van der Waals surface area (Å²) in [6, 6.07) is 14.8. The molecular weight excluding hydrogens is 591 g/mol. The molecule has 1 saturated heterocycles. The molecule has 3 aromatic carbocycles. The van der Waals surface area contributed by atoms with Gasteiger partial charge in [-0.25, -0.2) is 9.59 Å². The predicted molar refractivity (Wildman–Crippen MR) is 160 cm³/mol. The highest BCUT2D eigenvalue weighted by Crippen LogP contribution is 2.32. The van der Waals surface area contributed by atoms with E-state index in [4.69, 9.17) is 44.3 Å². The molecule has 1 aromatic heterocycles. The molecule has 12 heteroatoms. The molecule has 0 aliphatic carbocycles. The Morgan fingerprint density at radius 1 is 0.976 bits per heavy atom. The van der Waals surface area contributed by atoms with Crippen molar-refractivity contribution >= 4 is 63.4 Å². The summed E-state index contributed by atoms with van der Waals surface area (Å²) in [5.41, 5.74) is 3.25. The fourth-order valence-electron chi connectivity index (χ4n) is 4.95. The number of rotatable bonds is 7. The third kappa shape index (κ3) is 5.81. The number of para-hydroxylation sites is 1. The molecule has 0 unspecified atom stereocenters. The number of hydrogen-bond acceptors (Lipinski definition) is 6. The topological polar surface area (TPSA) is 94.8 Å². The van der Waals surface area contributed by atoms with Crippen LogP contribution in [0.5, 0.6) is 0 Å². The Balaban J connectivity index is 1.37. The third-order valence-corrected chi connectivity index (χ3v) is 7.99. The molecule has 41 heavy (non-hydrogen) atoms. The summed E-state index contributed by atoms with van der Waals surface area (Å²) in [5, 5.41) is 3.50. The van der Waals surface area contributed by atoms with Gasteiger partial charge in [0.15, 0.2) is 0 Å². The minimum atomic E-state index is -1.01. The number of carbonyl (C=O) groups is 2. The number of nitrogens with zero attached hydrogens (tertiary/aromatic N) is 3. The van der Waals surface area contributed by atoms with Crippen LogP contribution in [0.4, 0.5) is 5.69 Å². The number of amides is 1. The first-order valence-corrected chi connectivity index (χ1v) is 14.0. The van der Waals surface area contributed by atoms with Crippen LogP contribution in [-0.4, -0.2) is 60.5 Å². The fraction of sp³-hybridized carbons (Fsp3) is 0.276. The first-order valence-electron chi connectivity index (χ1n) is 12.8. The third-order valence-electron chi connectivity index (χ3n) is 7.08. The highest BCUT2D eigenvalue weighted by Gasteiger charge is 2.26. The lowest BCUT2D eigenvalue weighted by Crippen LogP contribution is -2.43. The SMILES string of the molecule is COC(=O)[C@H](Cc1ccc(-n2c(=O)n(C)c3cccc(Cl)c32)cc1)NC(=O)c1c(Cl)cc(N2CCOCC2)cc1Cl. The normalized spacial score (nSPS) is 14.2.